The number of sulfonamides is 1. The van der Waals surface area contributed by atoms with Gasteiger partial charge < -0.3 is 15.2 Å². The van der Waals surface area contributed by atoms with Crippen molar-refractivity contribution in [1.29, 1.82) is 0 Å². The molecule has 0 aromatic heterocycles. The van der Waals surface area contributed by atoms with Gasteiger partial charge in [0, 0.05) is 12.4 Å². The van der Waals surface area contributed by atoms with Crippen LogP contribution in [0.1, 0.15) is 56.3 Å². The second-order valence-corrected chi connectivity index (χ2v) is 8.70. The van der Waals surface area contributed by atoms with Crippen molar-refractivity contribution in [3.05, 3.63) is 48.0 Å². The molecular weight excluding hydrogens is 440 g/mol. The van der Waals surface area contributed by atoms with Crippen LogP contribution in [0.5, 0.6) is 11.5 Å². The maximum atomic E-state index is 12.0. The van der Waals surface area contributed by atoms with Gasteiger partial charge in [0.15, 0.2) is 5.75 Å². The lowest BCUT2D eigenvalue weighted by Crippen LogP contribution is -2.16. The number of benzene rings is 2. The Morgan fingerprint density at radius 2 is 1.74 bits per heavy atom. The molecule has 172 valence electrons. The minimum absolute atomic E-state index is 0.0187. The van der Waals surface area contributed by atoms with E-state index in [1.54, 1.807) is 30.3 Å². The highest BCUT2D eigenvalue weighted by molar-refractivity contribution is 7.89. The molecule has 0 saturated heterocycles. The van der Waals surface area contributed by atoms with E-state index in [0.717, 1.165) is 24.8 Å². The maximum Gasteiger partial charge on any atom is 0.335 e. The molecule has 0 aliphatic carbocycles. The molecule has 0 saturated carbocycles. The SMILES string of the molecule is CCCCCCl.CCCCNc1cc(C(=O)O)cc(S(N)(=O)=O)c1Oc1ccccc1. The number of rotatable bonds is 11. The molecule has 0 aliphatic rings. The van der Waals surface area contributed by atoms with Crippen LogP contribution in [0.4, 0.5) is 5.69 Å². The molecule has 9 heteroatoms. The smallest absolute Gasteiger partial charge is 0.335 e. The number of nitrogens with two attached hydrogens (primary N) is 1. The number of ether oxygens (including phenoxy) is 1. The molecule has 2 aromatic carbocycles. The van der Waals surface area contributed by atoms with E-state index in [2.05, 4.69) is 12.2 Å². The van der Waals surface area contributed by atoms with Crippen LogP contribution in [0, 0.1) is 0 Å². The molecule has 0 amide bonds. The van der Waals surface area contributed by atoms with Crippen LogP contribution in [0.3, 0.4) is 0 Å². The molecule has 31 heavy (non-hydrogen) atoms. The lowest BCUT2D eigenvalue weighted by Gasteiger charge is -2.17. The van der Waals surface area contributed by atoms with Crippen molar-refractivity contribution in [2.45, 2.75) is 50.8 Å². The van der Waals surface area contributed by atoms with Gasteiger partial charge in [-0.1, -0.05) is 51.3 Å². The number of carbonyl (C=O) groups is 1. The van der Waals surface area contributed by atoms with Crippen molar-refractivity contribution in [1.82, 2.24) is 0 Å². The van der Waals surface area contributed by atoms with E-state index < -0.39 is 16.0 Å². The molecule has 0 radical (unpaired) electrons. The quantitative estimate of drug-likeness (QED) is 0.296. The van der Waals surface area contributed by atoms with Crippen LogP contribution < -0.4 is 15.2 Å². The first kappa shape index (κ1) is 26.7. The highest BCUT2D eigenvalue weighted by atomic mass is 35.5. The van der Waals surface area contributed by atoms with E-state index in [1.807, 2.05) is 6.92 Å². The summed E-state index contributed by atoms with van der Waals surface area (Å²) in [6.07, 6.45) is 5.48. The number of hydrogen-bond acceptors (Lipinski definition) is 5. The summed E-state index contributed by atoms with van der Waals surface area (Å²) < 4.78 is 29.7. The van der Waals surface area contributed by atoms with Gasteiger partial charge in [-0.3, -0.25) is 0 Å². The molecule has 0 aliphatic heterocycles. The third kappa shape index (κ3) is 9.59. The number of alkyl halides is 1. The van der Waals surface area contributed by atoms with Crippen molar-refractivity contribution in [2.75, 3.05) is 17.7 Å². The fourth-order valence-corrected chi connectivity index (χ4v) is 3.41. The van der Waals surface area contributed by atoms with Crippen LogP contribution in [0.15, 0.2) is 47.4 Å². The first-order chi connectivity index (χ1) is 14.7. The first-order valence-electron chi connectivity index (χ1n) is 10.2. The third-order valence-electron chi connectivity index (χ3n) is 4.15. The molecule has 0 heterocycles. The van der Waals surface area contributed by atoms with E-state index in [0.29, 0.717) is 12.3 Å². The normalized spacial score (nSPS) is 10.7. The van der Waals surface area contributed by atoms with Gasteiger partial charge >= 0.3 is 5.97 Å². The molecule has 0 spiro atoms. The van der Waals surface area contributed by atoms with Gasteiger partial charge in [-0.15, -0.1) is 11.6 Å². The minimum atomic E-state index is -4.19. The molecule has 0 bridgehead atoms. The molecule has 7 nitrogen and oxygen atoms in total. The Hall–Kier alpha value is -2.29. The van der Waals surface area contributed by atoms with Crippen molar-refractivity contribution in [3.8, 4) is 11.5 Å². The summed E-state index contributed by atoms with van der Waals surface area (Å²) in [7, 11) is -4.19. The van der Waals surface area contributed by atoms with Gasteiger partial charge in [0.25, 0.3) is 0 Å². The number of anilines is 1. The average Bonchev–Trinajstić information content (AvgIpc) is 2.73. The van der Waals surface area contributed by atoms with Crippen LogP contribution in [-0.2, 0) is 10.0 Å². The molecule has 2 rings (SSSR count). The Morgan fingerprint density at radius 3 is 2.23 bits per heavy atom. The zero-order valence-corrected chi connectivity index (χ0v) is 19.5. The molecule has 0 unspecified atom stereocenters. The van der Waals surface area contributed by atoms with Gasteiger partial charge in [0.1, 0.15) is 10.6 Å². The van der Waals surface area contributed by atoms with Crippen LogP contribution in [0.2, 0.25) is 0 Å². The predicted octanol–water partition coefficient (Wildman–Crippen LogP) is 5.45. The first-order valence-corrected chi connectivity index (χ1v) is 12.3. The number of halogens is 1. The van der Waals surface area contributed by atoms with Crippen molar-refractivity contribution < 1.29 is 23.1 Å². The number of aromatic carboxylic acids is 1. The van der Waals surface area contributed by atoms with E-state index >= 15 is 0 Å². The lowest BCUT2D eigenvalue weighted by molar-refractivity contribution is 0.0696. The van der Waals surface area contributed by atoms with Crippen molar-refractivity contribution in [3.63, 3.8) is 0 Å². The van der Waals surface area contributed by atoms with Gasteiger partial charge in [-0.05, 0) is 37.1 Å². The summed E-state index contributed by atoms with van der Waals surface area (Å²) in [5.74, 6) is -0.0353. The van der Waals surface area contributed by atoms with Gasteiger partial charge in [-0.2, -0.15) is 0 Å². The third-order valence-corrected chi connectivity index (χ3v) is 5.34. The van der Waals surface area contributed by atoms with E-state index in [4.69, 9.17) is 21.5 Å². The summed E-state index contributed by atoms with van der Waals surface area (Å²) in [4.78, 5) is 10.9. The van der Waals surface area contributed by atoms with Crippen LogP contribution >= 0.6 is 11.6 Å². The number of carboxylic acids is 1. The minimum Gasteiger partial charge on any atom is -0.478 e. The van der Waals surface area contributed by atoms with Crippen molar-refractivity contribution in [2.24, 2.45) is 5.14 Å². The Morgan fingerprint density at radius 1 is 1.10 bits per heavy atom. The average molecular weight is 471 g/mol. The standard InChI is InChI=1S/C17H20N2O5S.C5H11Cl/c1-2-3-9-19-14-10-12(17(20)21)11-15(25(18,22)23)16(14)24-13-7-5-4-6-8-13;1-2-3-4-5-6/h4-8,10-11,19H,2-3,9H2,1H3,(H,20,21)(H2,18,22,23);2-5H2,1H3. The predicted molar refractivity (Wildman–Crippen MR) is 125 cm³/mol. The van der Waals surface area contributed by atoms with Crippen LogP contribution in [-0.4, -0.2) is 31.9 Å². The Kier molecular flexibility index (Phi) is 12.0. The summed E-state index contributed by atoms with van der Waals surface area (Å²) >= 11 is 5.38. The largest absolute Gasteiger partial charge is 0.478 e. The number of carboxylic acid groups (broad SMARTS) is 1. The maximum absolute atomic E-state index is 12.0. The van der Waals surface area contributed by atoms with Crippen LogP contribution in [0.25, 0.3) is 0 Å². The Bertz CT molecular complexity index is 917. The second kappa shape index (κ2) is 13.9. The number of primary sulfonamides is 1. The highest BCUT2D eigenvalue weighted by Crippen LogP contribution is 2.37. The summed E-state index contributed by atoms with van der Waals surface area (Å²) in [5.41, 5.74) is 0.0738. The van der Waals surface area contributed by atoms with E-state index in [1.165, 1.54) is 25.3 Å². The van der Waals surface area contributed by atoms with E-state index in [-0.39, 0.29) is 21.9 Å². The molecular formula is C22H31ClN2O5S. The van der Waals surface area contributed by atoms with Gasteiger partial charge in [0.2, 0.25) is 10.0 Å². The number of para-hydroxylation sites is 1. The highest BCUT2D eigenvalue weighted by Gasteiger charge is 2.23. The van der Waals surface area contributed by atoms with Crippen molar-refractivity contribution >= 4 is 33.3 Å². The van der Waals surface area contributed by atoms with E-state index in [9.17, 15) is 18.3 Å². The monoisotopic (exact) mass is 470 g/mol. The fraction of sp³-hybridized carbons (Fsp3) is 0.409. The Labute approximate surface area is 189 Å². The lowest BCUT2D eigenvalue weighted by atomic mass is 10.1. The zero-order chi connectivity index (χ0) is 23.3. The Balaban J connectivity index is 0.000000703. The summed E-state index contributed by atoms with van der Waals surface area (Å²) in [6.45, 7) is 4.72. The molecule has 4 N–H and O–H groups in total. The summed E-state index contributed by atoms with van der Waals surface area (Å²) in [6, 6.07) is 10.9. The second-order valence-electron chi connectivity index (χ2n) is 6.79. The molecule has 2 aromatic rings. The summed E-state index contributed by atoms with van der Waals surface area (Å²) in [5, 5.41) is 17.6. The fourth-order valence-electron chi connectivity index (χ4n) is 2.52. The van der Waals surface area contributed by atoms with Gasteiger partial charge in [0.05, 0.1) is 11.3 Å². The number of hydrogen-bond donors (Lipinski definition) is 3. The zero-order valence-electron chi connectivity index (χ0n) is 17.9. The number of unbranched alkanes of at least 4 members (excludes halogenated alkanes) is 3. The van der Waals surface area contributed by atoms with Gasteiger partial charge in [-0.25, -0.2) is 18.4 Å². The number of nitrogens with one attached hydrogen (secondary N) is 1. The topological polar surface area (TPSA) is 119 Å². The molecule has 0 atom stereocenters. The molecule has 0 fully saturated rings.